The van der Waals surface area contributed by atoms with Crippen molar-refractivity contribution in [2.75, 3.05) is 13.7 Å². The quantitative estimate of drug-likeness (QED) is 0.887. The molecule has 0 saturated carbocycles. The van der Waals surface area contributed by atoms with Crippen LogP contribution in [0.15, 0.2) is 42.5 Å². The third-order valence-corrected chi connectivity index (χ3v) is 3.81. The van der Waals surface area contributed by atoms with Crippen molar-refractivity contribution in [3.05, 3.63) is 64.7 Å². The Morgan fingerprint density at radius 1 is 1.11 bits per heavy atom. The number of hydrogen-bond acceptors (Lipinski definition) is 2. The maximum absolute atomic E-state index is 5.32. The van der Waals surface area contributed by atoms with Crippen LogP contribution in [0.3, 0.4) is 0 Å². The number of nitrogens with one attached hydrogen (secondary N) is 1. The van der Waals surface area contributed by atoms with Crippen LogP contribution in [0.1, 0.15) is 28.3 Å². The lowest BCUT2D eigenvalue weighted by Gasteiger charge is -2.27. The molecule has 2 aromatic rings. The summed E-state index contributed by atoms with van der Waals surface area (Å²) in [6.45, 7) is 3.13. The van der Waals surface area contributed by atoms with Gasteiger partial charge in [0.1, 0.15) is 5.75 Å². The number of aryl methyl sites for hydroxylation is 1. The van der Waals surface area contributed by atoms with Crippen LogP contribution in [-0.2, 0) is 6.42 Å². The van der Waals surface area contributed by atoms with E-state index in [0.29, 0.717) is 6.04 Å². The maximum Gasteiger partial charge on any atom is 0.119 e. The van der Waals surface area contributed by atoms with Crippen molar-refractivity contribution in [3.63, 3.8) is 0 Å². The van der Waals surface area contributed by atoms with Crippen LogP contribution in [0.25, 0.3) is 0 Å². The topological polar surface area (TPSA) is 21.3 Å². The minimum absolute atomic E-state index is 0.301. The fourth-order valence-corrected chi connectivity index (χ4v) is 2.72. The Morgan fingerprint density at radius 2 is 1.89 bits per heavy atom. The average Bonchev–Trinajstić information content (AvgIpc) is 2.47. The van der Waals surface area contributed by atoms with Crippen LogP contribution >= 0.6 is 0 Å². The number of benzene rings is 2. The SMILES string of the molecule is COc1ccc2c(c1)CCNC2c1ccc(C)cc1. The summed E-state index contributed by atoms with van der Waals surface area (Å²) in [4.78, 5) is 0. The van der Waals surface area contributed by atoms with Gasteiger partial charge in [0, 0.05) is 6.54 Å². The Balaban J connectivity index is 2.00. The summed E-state index contributed by atoms with van der Waals surface area (Å²) >= 11 is 0. The molecule has 1 N–H and O–H groups in total. The van der Waals surface area contributed by atoms with Crippen LogP contribution in [-0.4, -0.2) is 13.7 Å². The summed E-state index contributed by atoms with van der Waals surface area (Å²) in [5.74, 6) is 0.948. The molecular weight excluding hydrogens is 234 g/mol. The summed E-state index contributed by atoms with van der Waals surface area (Å²) in [5.41, 5.74) is 5.39. The third-order valence-electron chi connectivity index (χ3n) is 3.81. The maximum atomic E-state index is 5.32. The molecule has 0 aliphatic carbocycles. The summed E-state index contributed by atoms with van der Waals surface area (Å²) in [5, 5.41) is 3.61. The zero-order valence-corrected chi connectivity index (χ0v) is 11.4. The van der Waals surface area contributed by atoms with Crippen LogP contribution < -0.4 is 10.1 Å². The molecule has 2 heteroatoms. The van der Waals surface area contributed by atoms with Crippen molar-refractivity contribution < 1.29 is 4.74 Å². The smallest absolute Gasteiger partial charge is 0.119 e. The Morgan fingerprint density at radius 3 is 2.63 bits per heavy atom. The van der Waals surface area contributed by atoms with Gasteiger partial charge in [-0.15, -0.1) is 0 Å². The lowest BCUT2D eigenvalue weighted by Crippen LogP contribution is -2.30. The Bertz CT molecular complexity index is 574. The predicted octanol–water partition coefficient (Wildman–Crippen LogP) is 3.24. The molecule has 1 aliphatic rings. The van der Waals surface area contributed by atoms with E-state index in [4.69, 9.17) is 4.74 Å². The average molecular weight is 253 g/mol. The number of fused-ring (bicyclic) bond motifs is 1. The molecule has 1 atom stereocenters. The van der Waals surface area contributed by atoms with Gasteiger partial charge in [0.2, 0.25) is 0 Å². The molecule has 2 nitrogen and oxygen atoms in total. The Hall–Kier alpha value is -1.80. The van der Waals surface area contributed by atoms with Crippen molar-refractivity contribution in [1.29, 1.82) is 0 Å². The monoisotopic (exact) mass is 253 g/mol. The number of methoxy groups -OCH3 is 1. The van der Waals surface area contributed by atoms with Gasteiger partial charge in [0.25, 0.3) is 0 Å². The van der Waals surface area contributed by atoms with Crippen molar-refractivity contribution >= 4 is 0 Å². The molecule has 0 amide bonds. The molecule has 0 aromatic heterocycles. The van der Waals surface area contributed by atoms with E-state index in [1.165, 1.54) is 22.3 Å². The highest BCUT2D eigenvalue weighted by molar-refractivity contribution is 5.43. The highest BCUT2D eigenvalue weighted by Gasteiger charge is 2.21. The summed E-state index contributed by atoms with van der Waals surface area (Å²) < 4.78 is 5.32. The minimum Gasteiger partial charge on any atom is -0.497 e. The van der Waals surface area contributed by atoms with Crippen molar-refractivity contribution in [2.45, 2.75) is 19.4 Å². The van der Waals surface area contributed by atoms with E-state index in [2.05, 4.69) is 48.6 Å². The van der Waals surface area contributed by atoms with E-state index >= 15 is 0 Å². The van der Waals surface area contributed by atoms with Gasteiger partial charge in [-0.2, -0.15) is 0 Å². The summed E-state index contributed by atoms with van der Waals surface area (Å²) in [6.07, 6.45) is 1.06. The lowest BCUT2D eigenvalue weighted by atomic mass is 9.89. The van der Waals surface area contributed by atoms with Gasteiger partial charge in [-0.1, -0.05) is 35.9 Å². The molecule has 0 fully saturated rings. The second kappa shape index (κ2) is 5.06. The second-order valence-corrected chi connectivity index (χ2v) is 5.11. The molecule has 0 bridgehead atoms. The lowest BCUT2D eigenvalue weighted by molar-refractivity contribution is 0.413. The van der Waals surface area contributed by atoms with E-state index in [0.717, 1.165) is 18.7 Å². The normalized spacial score (nSPS) is 17.9. The highest BCUT2D eigenvalue weighted by Crippen LogP contribution is 2.31. The second-order valence-electron chi connectivity index (χ2n) is 5.11. The molecule has 1 aliphatic heterocycles. The fraction of sp³-hybridized carbons (Fsp3) is 0.294. The zero-order valence-electron chi connectivity index (χ0n) is 11.4. The van der Waals surface area contributed by atoms with E-state index in [1.807, 2.05) is 6.07 Å². The van der Waals surface area contributed by atoms with Gasteiger partial charge in [-0.3, -0.25) is 0 Å². The van der Waals surface area contributed by atoms with Crippen LogP contribution in [0.5, 0.6) is 5.75 Å². The molecule has 19 heavy (non-hydrogen) atoms. The summed E-state index contributed by atoms with van der Waals surface area (Å²) in [7, 11) is 1.72. The first-order valence-electron chi connectivity index (χ1n) is 6.74. The molecule has 0 saturated heterocycles. The molecule has 3 rings (SSSR count). The first-order chi connectivity index (χ1) is 9.28. The largest absolute Gasteiger partial charge is 0.497 e. The molecule has 1 heterocycles. The first-order valence-corrected chi connectivity index (χ1v) is 6.74. The molecular formula is C17H19NO. The number of rotatable bonds is 2. The predicted molar refractivity (Wildman–Crippen MR) is 77.7 cm³/mol. The van der Waals surface area contributed by atoms with Gasteiger partial charge in [-0.25, -0.2) is 0 Å². The van der Waals surface area contributed by atoms with Gasteiger partial charge >= 0.3 is 0 Å². The fourth-order valence-electron chi connectivity index (χ4n) is 2.72. The molecule has 98 valence electrons. The minimum atomic E-state index is 0.301. The van der Waals surface area contributed by atoms with Crippen LogP contribution in [0.2, 0.25) is 0 Å². The molecule has 1 unspecified atom stereocenters. The summed E-state index contributed by atoms with van der Waals surface area (Å²) in [6, 6.07) is 15.5. The van der Waals surface area contributed by atoms with Crippen molar-refractivity contribution in [2.24, 2.45) is 0 Å². The van der Waals surface area contributed by atoms with E-state index < -0.39 is 0 Å². The van der Waals surface area contributed by atoms with Gasteiger partial charge in [-0.05, 0) is 42.2 Å². The third kappa shape index (κ3) is 2.36. The number of ether oxygens (including phenoxy) is 1. The molecule has 2 aromatic carbocycles. The standard InChI is InChI=1S/C17H19NO/c1-12-3-5-13(6-4-12)17-16-8-7-15(19-2)11-14(16)9-10-18-17/h3-8,11,17-18H,9-10H2,1-2H3. The Labute approximate surface area is 114 Å². The molecule has 0 radical (unpaired) electrons. The zero-order chi connectivity index (χ0) is 13.2. The number of hydrogen-bond donors (Lipinski definition) is 1. The van der Waals surface area contributed by atoms with E-state index in [-0.39, 0.29) is 0 Å². The van der Waals surface area contributed by atoms with Crippen molar-refractivity contribution in [1.82, 2.24) is 5.32 Å². The van der Waals surface area contributed by atoms with E-state index in [9.17, 15) is 0 Å². The van der Waals surface area contributed by atoms with Crippen molar-refractivity contribution in [3.8, 4) is 5.75 Å². The van der Waals surface area contributed by atoms with E-state index in [1.54, 1.807) is 7.11 Å². The first kappa shape index (κ1) is 12.2. The molecule has 0 spiro atoms. The Kier molecular flexibility index (Phi) is 3.26. The van der Waals surface area contributed by atoms with Gasteiger partial charge in [0.05, 0.1) is 13.2 Å². The van der Waals surface area contributed by atoms with Gasteiger partial charge in [0.15, 0.2) is 0 Å². The highest BCUT2D eigenvalue weighted by atomic mass is 16.5. The van der Waals surface area contributed by atoms with Crippen LogP contribution in [0.4, 0.5) is 0 Å². The van der Waals surface area contributed by atoms with Crippen LogP contribution in [0, 0.1) is 6.92 Å². The van der Waals surface area contributed by atoms with Gasteiger partial charge < -0.3 is 10.1 Å².